The zero-order valence-corrected chi connectivity index (χ0v) is 19.6. The molecule has 7 heteroatoms. The Bertz CT molecular complexity index is 621. The Labute approximate surface area is 180 Å². The highest BCUT2D eigenvalue weighted by molar-refractivity contribution is 7.83. The molecule has 0 saturated carbocycles. The van der Waals surface area contributed by atoms with Crippen molar-refractivity contribution in [2.24, 2.45) is 5.41 Å². The Morgan fingerprint density at radius 1 is 1.14 bits per heavy atom. The lowest BCUT2D eigenvalue weighted by atomic mass is 9.84. The number of ether oxygens (including phenoxy) is 3. The van der Waals surface area contributed by atoms with Crippen molar-refractivity contribution in [3.05, 3.63) is 24.3 Å². The Balaban J connectivity index is 5.11. The normalized spacial score (nSPS) is 16.2. The fourth-order valence-electron chi connectivity index (χ4n) is 2.31. The van der Waals surface area contributed by atoms with E-state index in [-0.39, 0.29) is 23.7 Å². The first kappa shape index (κ1) is 27.2. The van der Waals surface area contributed by atoms with Crippen molar-refractivity contribution < 1.29 is 28.6 Å². The highest BCUT2D eigenvalue weighted by Gasteiger charge is 2.31. The molecule has 0 amide bonds. The molecule has 6 nitrogen and oxygen atoms in total. The molecule has 166 valence electrons. The molecule has 0 aliphatic rings. The third-order valence-electron chi connectivity index (χ3n) is 4.70. The van der Waals surface area contributed by atoms with Crippen LogP contribution in [0.3, 0.4) is 0 Å². The van der Waals surface area contributed by atoms with E-state index in [2.05, 4.69) is 19.2 Å². The lowest BCUT2D eigenvalue weighted by molar-refractivity contribution is -0.155. The van der Waals surface area contributed by atoms with Gasteiger partial charge in [0.05, 0.1) is 6.10 Å². The molecule has 0 radical (unpaired) electrons. The minimum Gasteiger partial charge on any atom is -0.461 e. The van der Waals surface area contributed by atoms with Crippen molar-refractivity contribution in [1.82, 2.24) is 0 Å². The Morgan fingerprint density at radius 3 is 2.21 bits per heavy atom. The summed E-state index contributed by atoms with van der Waals surface area (Å²) < 4.78 is 14.7. The van der Waals surface area contributed by atoms with Crippen LogP contribution in [0.4, 0.5) is 0 Å². The van der Waals surface area contributed by atoms with Crippen molar-refractivity contribution in [2.45, 2.75) is 84.7 Å². The van der Waals surface area contributed by atoms with Crippen LogP contribution in [0.25, 0.3) is 0 Å². The topological polar surface area (TPSA) is 78.9 Å². The van der Waals surface area contributed by atoms with Gasteiger partial charge in [-0.15, -0.1) is 0 Å². The summed E-state index contributed by atoms with van der Waals surface area (Å²) in [6.07, 6.45) is 3.74. The Kier molecular flexibility index (Phi) is 11.3. The van der Waals surface area contributed by atoms with Gasteiger partial charge in [-0.05, 0) is 45.1 Å². The second kappa shape index (κ2) is 12.1. The predicted molar refractivity (Wildman–Crippen MR) is 117 cm³/mol. The van der Waals surface area contributed by atoms with Gasteiger partial charge < -0.3 is 14.2 Å². The summed E-state index contributed by atoms with van der Waals surface area (Å²) in [5, 5.41) is 0. The first-order chi connectivity index (χ1) is 13.3. The molecule has 0 aliphatic heterocycles. The maximum Gasteiger partial charge on any atom is 0.333 e. The van der Waals surface area contributed by atoms with E-state index in [9.17, 15) is 14.4 Å². The summed E-state index contributed by atoms with van der Waals surface area (Å²) in [5.74, 6) is -1.72. The summed E-state index contributed by atoms with van der Waals surface area (Å²) in [5.41, 5.74) is 0.124. The van der Waals surface area contributed by atoms with Crippen LogP contribution in [-0.2, 0) is 28.6 Å². The van der Waals surface area contributed by atoms with E-state index in [1.165, 1.54) is 13.0 Å². The van der Waals surface area contributed by atoms with E-state index in [0.717, 1.165) is 12.5 Å². The lowest BCUT2D eigenvalue weighted by Gasteiger charge is -2.28. The number of hydrogen-bond acceptors (Lipinski definition) is 7. The number of hydrogen-bond donors (Lipinski definition) is 1. The minimum absolute atomic E-state index is 0.0897. The molecule has 29 heavy (non-hydrogen) atoms. The van der Waals surface area contributed by atoms with Gasteiger partial charge in [0.15, 0.2) is 0 Å². The number of carbonyl (C=O) groups excluding carboxylic acids is 3. The van der Waals surface area contributed by atoms with Crippen LogP contribution < -0.4 is 0 Å². The van der Waals surface area contributed by atoms with Gasteiger partial charge in [0.2, 0.25) is 0 Å². The van der Waals surface area contributed by atoms with E-state index in [1.807, 2.05) is 27.7 Å². The zero-order valence-electron chi connectivity index (χ0n) is 18.7. The summed E-state index contributed by atoms with van der Waals surface area (Å²) in [6.45, 7) is 16.2. The number of carbonyl (C=O) groups is 3. The monoisotopic (exact) mass is 428 g/mol. The fraction of sp³-hybridized carbons (Fsp3) is 0.682. The third-order valence-corrected chi connectivity index (χ3v) is 5.01. The molecular formula is C22H36O6S. The van der Waals surface area contributed by atoms with Crippen molar-refractivity contribution in [1.29, 1.82) is 0 Å². The van der Waals surface area contributed by atoms with Crippen molar-refractivity contribution >= 4 is 30.5 Å². The first-order valence-electron chi connectivity index (χ1n) is 9.91. The summed E-state index contributed by atoms with van der Waals surface area (Å²) in [7, 11) is 0. The van der Waals surface area contributed by atoms with Crippen LogP contribution in [0.5, 0.6) is 0 Å². The van der Waals surface area contributed by atoms with Crippen molar-refractivity contribution in [3.63, 3.8) is 0 Å². The smallest absolute Gasteiger partial charge is 0.333 e. The molecule has 0 heterocycles. The standard InChI is InChI=1S/C22H36O6S/c1-9-16(5)27-20(25)22(8,29)12-15(4)19(24)26-14-17(28-18(23)10-2)13-21(6,7)11-3/h10,12,16-17,29H,2,9,11,13-14H2,1,3-8H3/b15-12+/t16-,17+,22?/m0/s1. The van der Waals surface area contributed by atoms with Gasteiger partial charge >= 0.3 is 17.9 Å². The Morgan fingerprint density at radius 2 is 1.72 bits per heavy atom. The number of esters is 3. The number of thiol groups is 1. The average Bonchev–Trinajstić information content (AvgIpc) is 2.64. The fourth-order valence-corrected chi connectivity index (χ4v) is 2.56. The highest BCUT2D eigenvalue weighted by atomic mass is 32.1. The molecule has 0 spiro atoms. The minimum atomic E-state index is -1.27. The molecule has 0 aromatic carbocycles. The third kappa shape index (κ3) is 10.5. The van der Waals surface area contributed by atoms with Crippen molar-refractivity contribution in [2.75, 3.05) is 6.61 Å². The second-order valence-electron chi connectivity index (χ2n) is 8.18. The molecule has 0 N–H and O–H groups in total. The van der Waals surface area contributed by atoms with Crippen LogP contribution in [0.2, 0.25) is 0 Å². The average molecular weight is 429 g/mol. The molecule has 3 atom stereocenters. The van der Waals surface area contributed by atoms with Gasteiger partial charge in [0, 0.05) is 11.6 Å². The molecule has 0 saturated heterocycles. The molecule has 0 aromatic rings. The van der Waals surface area contributed by atoms with Gasteiger partial charge in [-0.2, -0.15) is 12.6 Å². The van der Waals surface area contributed by atoms with Gasteiger partial charge in [-0.3, -0.25) is 4.79 Å². The first-order valence-corrected chi connectivity index (χ1v) is 10.4. The van der Waals surface area contributed by atoms with Crippen LogP contribution in [0.15, 0.2) is 24.3 Å². The maximum absolute atomic E-state index is 12.4. The van der Waals surface area contributed by atoms with E-state index in [0.29, 0.717) is 12.8 Å². The molecule has 0 fully saturated rings. The molecule has 0 aliphatic carbocycles. The van der Waals surface area contributed by atoms with Crippen LogP contribution in [0, 0.1) is 5.41 Å². The van der Waals surface area contributed by atoms with E-state index in [4.69, 9.17) is 14.2 Å². The molecule has 1 unspecified atom stereocenters. The maximum atomic E-state index is 12.4. The zero-order chi connectivity index (χ0) is 22.8. The van der Waals surface area contributed by atoms with E-state index >= 15 is 0 Å². The largest absolute Gasteiger partial charge is 0.461 e. The SMILES string of the molecule is C=CC(=O)O[C@@H](COC(=O)/C(C)=C/C(C)(S)C(=O)O[C@@H](C)CC)CC(C)(C)CC. The van der Waals surface area contributed by atoms with E-state index in [1.54, 1.807) is 13.8 Å². The van der Waals surface area contributed by atoms with Crippen LogP contribution in [-0.4, -0.2) is 41.5 Å². The van der Waals surface area contributed by atoms with Crippen molar-refractivity contribution in [3.8, 4) is 0 Å². The Hall–Kier alpha value is -1.76. The van der Waals surface area contributed by atoms with Crippen LogP contribution in [0.1, 0.15) is 67.7 Å². The summed E-state index contributed by atoms with van der Waals surface area (Å²) >= 11 is 4.33. The van der Waals surface area contributed by atoms with Gasteiger partial charge in [-0.1, -0.05) is 40.7 Å². The van der Waals surface area contributed by atoms with Gasteiger partial charge in [-0.25, -0.2) is 9.59 Å². The molecule has 0 bridgehead atoms. The molecular weight excluding hydrogens is 392 g/mol. The molecule has 0 rings (SSSR count). The summed E-state index contributed by atoms with van der Waals surface area (Å²) in [6, 6.07) is 0. The van der Waals surface area contributed by atoms with Crippen LogP contribution >= 0.6 is 12.6 Å². The summed E-state index contributed by atoms with van der Waals surface area (Å²) in [4.78, 5) is 36.2. The number of rotatable bonds is 12. The van der Waals surface area contributed by atoms with Gasteiger partial charge in [0.25, 0.3) is 0 Å². The second-order valence-corrected chi connectivity index (χ2v) is 9.11. The lowest BCUT2D eigenvalue weighted by Crippen LogP contribution is -2.33. The molecule has 0 aromatic heterocycles. The van der Waals surface area contributed by atoms with Gasteiger partial charge in [0.1, 0.15) is 17.5 Å². The van der Waals surface area contributed by atoms with E-state index < -0.39 is 28.8 Å². The predicted octanol–water partition coefficient (Wildman–Crippen LogP) is 4.43. The highest BCUT2D eigenvalue weighted by Crippen LogP contribution is 2.28. The quantitative estimate of drug-likeness (QED) is 0.214.